The zero-order valence-electron chi connectivity index (χ0n) is 10.6. The first-order chi connectivity index (χ1) is 8.02. The van der Waals surface area contributed by atoms with Gasteiger partial charge in [0.05, 0.1) is 16.5 Å². The van der Waals surface area contributed by atoms with Crippen molar-refractivity contribution >= 4 is 21.4 Å². The first-order valence-electron chi connectivity index (χ1n) is 5.42. The zero-order valence-corrected chi connectivity index (χ0v) is 11.5. The van der Waals surface area contributed by atoms with Gasteiger partial charge >= 0.3 is 0 Å². The molecule has 6 nitrogen and oxygen atoms in total. The second kappa shape index (κ2) is 4.75. The maximum absolute atomic E-state index is 11.3. The highest BCUT2D eigenvalue weighted by atomic mass is 32.2. The van der Waals surface area contributed by atoms with Gasteiger partial charge in [0.25, 0.3) is 0 Å². The van der Waals surface area contributed by atoms with E-state index < -0.39 is 21.7 Å². The van der Waals surface area contributed by atoms with Gasteiger partial charge in [-0.3, -0.25) is 0 Å². The topological polar surface area (TPSA) is 118 Å². The van der Waals surface area contributed by atoms with Crippen LogP contribution in [0.25, 0.3) is 0 Å². The van der Waals surface area contributed by atoms with E-state index in [-0.39, 0.29) is 10.6 Å². The van der Waals surface area contributed by atoms with Crippen LogP contribution in [-0.4, -0.2) is 25.2 Å². The minimum atomic E-state index is -3.81. The molecule has 0 radical (unpaired) electrons. The molecule has 1 unspecified atom stereocenters. The van der Waals surface area contributed by atoms with Crippen molar-refractivity contribution in [3.63, 3.8) is 0 Å². The number of hydrogen-bond donors (Lipinski definition) is 4. The molecule has 1 aromatic rings. The van der Waals surface area contributed by atoms with E-state index in [4.69, 9.17) is 10.9 Å². The van der Waals surface area contributed by atoms with Crippen molar-refractivity contribution in [2.24, 2.45) is 5.14 Å². The highest BCUT2D eigenvalue weighted by Crippen LogP contribution is 2.24. The molecule has 0 fully saturated rings. The normalized spacial score (nSPS) is 14.3. The lowest BCUT2D eigenvalue weighted by Gasteiger charge is -2.30. The number of sulfonamides is 1. The maximum atomic E-state index is 11.3. The molecule has 0 aliphatic rings. The van der Waals surface area contributed by atoms with E-state index in [2.05, 4.69) is 5.32 Å². The van der Waals surface area contributed by atoms with Gasteiger partial charge in [-0.15, -0.1) is 0 Å². The second-order valence-corrected chi connectivity index (χ2v) is 6.42. The Morgan fingerprint density at radius 1 is 1.33 bits per heavy atom. The van der Waals surface area contributed by atoms with Crippen LogP contribution >= 0.6 is 0 Å². The van der Waals surface area contributed by atoms with Crippen LogP contribution in [0.4, 0.5) is 11.4 Å². The summed E-state index contributed by atoms with van der Waals surface area (Å²) in [7, 11) is -3.81. The van der Waals surface area contributed by atoms with Gasteiger partial charge in [0.1, 0.15) is 0 Å². The van der Waals surface area contributed by atoms with E-state index >= 15 is 0 Å². The summed E-state index contributed by atoms with van der Waals surface area (Å²) in [6.07, 6.45) is -0.628. The Hall–Kier alpha value is -1.31. The predicted octanol–water partition coefficient (Wildman–Crippen LogP) is 0.488. The molecule has 1 atom stereocenters. The molecule has 0 amide bonds. The first-order valence-corrected chi connectivity index (χ1v) is 6.96. The molecule has 0 spiro atoms. The number of aliphatic hydroxyl groups is 1. The van der Waals surface area contributed by atoms with Crippen LogP contribution in [-0.2, 0) is 10.0 Å². The van der Waals surface area contributed by atoms with Gasteiger partial charge in [-0.25, -0.2) is 13.6 Å². The lowest BCUT2D eigenvalue weighted by Crippen LogP contribution is -2.41. The largest absolute Gasteiger partial charge is 0.399 e. The number of nitrogens with one attached hydrogen (secondary N) is 1. The average Bonchev–Trinajstić information content (AvgIpc) is 2.13. The summed E-state index contributed by atoms with van der Waals surface area (Å²) in [6, 6.07) is 4.25. The number of primary sulfonamides is 1. The fourth-order valence-electron chi connectivity index (χ4n) is 1.33. The van der Waals surface area contributed by atoms with E-state index in [0.29, 0.717) is 5.69 Å². The molecule has 0 aliphatic carbocycles. The number of nitrogen functional groups attached to an aromatic ring is 1. The molecule has 0 aromatic heterocycles. The van der Waals surface area contributed by atoms with Gasteiger partial charge in [0, 0.05) is 11.4 Å². The van der Waals surface area contributed by atoms with Crippen LogP contribution in [0, 0.1) is 0 Å². The van der Waals surface area contributed by atoms with Gasteiger partial charge in [0.2, 0.25) is 10.0 Å². The van der Waals surface area contributed by atoms with E-state index in [1.807, 2.05) is 0 Å². The van der Waals surface area contributed by atoms with Crippen LogP contribution in [0.2, 0.25) is 0 Å². The number of benzene rings is 1. The summed E-state index contributed by atoms with van der Waals surface area (Å²) in [6.45, 7) is 5.22. The summed E-state index contributed by atoms with van der Waals surface area (Å²) in [4.78, 5) is -0.0635. The van der Waals surface area contributed by atoms with Gasteiger partial charge in [-0.2, -0.15) is 0 Å². The first kappa shape index (κ1) is 14.7. The van der Waals surface area contributed by atoms with Gasteiger partial charge in [0.15, 0.2) is 0 Å². The molecule has 102 valence electrons. The fourth-order valence-corrected chi connectivity index (χ4v) is 1.93. The van der Waals surface area contributed by atoms with E-state index in [9.17, 15) is 13.5 Å². The smallest absolute Gasteiger partial charge is 0.238 e. The Kier molecular flexibility index (Phi) is 3.89. The molecular weight excluding hydrogens is 254 g/mol. The van der Waals surface area contributed by atoms with Crippen molar-refractivity contribution in [1.29, 1.82) is 0 Å². The number of anilines is 2. The van der Waals surface area contributed by atoms with Crippen LogP contribution in [0.3, 0.4) is 0 Å². The summed E-state index contributed by atoms with van der Waals surface area (Å²) < 4.78 is 22.6. The number of aliphatic hydroxyl groups excluding tert-OH is 1. The van der Waals surface area contributed by atoms with Crippen LogP contribution in [0.5, 0.6) is 0 Å². The number of rotatable bonds is 4. The minimum Gasteiger partial charge on any atom is -0.399 e. The summed E-state index contributed by atoms with van der Waals surface area (Å²) >= 11 is 0. The molecule has 0 saturated heterocycles. The van der Waals surface area contributed by atoms with Crippen molar-refractivity contribution in [2.75, 3.05) is 11.1 Å². The van der Waals surface area contributed by atoms with Crippen LogP contribution < -0.4 is 16.2 Å². The third kappa shape index (κ3) is 3.59. The molecule has 6 N–H and O–H groups in total. The monoisotopic (exact) mass is 273 g/mol. The van der Waals surface area contributed by atoms with E-state index in [0.717, 1.165) is 0 Å². The molecule has 0 bridgehead atoms. The highest BCUT2D eigenvalue weighted by Gasteiger charge is 2.24. The minimum absolute atomic E-state index is 0.0635. The molecule has 18 heavy (non-hydrogen) atoms. The van der Waals surface area contributed by atoms with Crippen LogP contribution in [0.1, 0.15) is 20.8 Å². The van der Waals surface area contributed by atoms with Gasteiger partial charge in [-0.1, -0.05) is 0 Å². The quantitative estimate of drug-likeness (QED) is 0.595. The number of hydrogen-bond acceptors (Lipinski definition) is 5. The van der Waals surface area contributed by atoms with Crippen molar-refractivity contribution in [1.82, 2.24) is 0 Å². The molecule has 0 saturated carbocycles. The predicted molar refractivity (Wildman–Crippen MR) is 71.6 cm³/mol. The lowest BCUT2D eigenvalue weighted by molar-refractivity contribution is 0.133. The van der Waals surface area contributed by atoms with Crippen LogP contribution in [0.15, 0.2) is 23.1 Å². The molecule has 1 aromatic carbocycles. The SMILES string of the molecule is CC(O)C(C)(C)Nc1cc(N)cc(S(N)(=O)=O)c1. The fraction of sp³-hybridized carbons (Fsp3) is 0.455. The summed E-state index contributed by atoms with van der Waals surface area (Å²) in [5, 5.41) is 17.7. The summed E-state index contributed by atoms with van der Waals surface area (Å²) in [5.74, 6) is 0. The Morgan fingerprint density at radius 3 is 2.33 bits per heavy atom. The van der Waals surface area contributed by atoms with Gasteiger partial charge < -0.3 is 16.2 Å². The van der Waals surface area contributed by atoms with Crippen molar-refractivity contribution < 1.29 is 13.5 Å². The van der Waals surface area contributed by atoms with Crippen molar-refractivity contribution in [2.45, 2.75) is 37.3 Å². The Labute approximate surface area is 107 Å². The number of nitrogens with two attached hydrogens (primary N) is 2. The lowest BCUT2D eigenvalue weighted by atomic mass is 9.98. The average molecular weight is 273 g/mol. The molecule has 1 rings (SSSR count). The third-order valence-electron chi connectivity index (χ3n) is 2.77. The van der Waals surface area contributed by atoms with E-state index in [1.165, 1.54) is 12.1 Å². The van der Waals surface area contributed by atoms with Crippen molar-refractivity contribution in [3.8, 4) is 0 Å². The Balaban J connectivity index is 3.16. The molecule has 7 heteroatoms. The highest BCUT2D eigenvalue weighted by molar-refractivity contribution is 7.89. The maximum Gasteiger partial charge on any atom is 0.238 e. The Bertz CT molecular complexity index is 538. The van der Waals surface area contributed by atoms with E-state index in [1.54, 1.807) is 26.8 Å². The molecular formula is C11H19N3O3S. The Morgan fingerprint density at radius 2 is 1.89 bits per heavy atom. The summed E-state index contributed by atoms with van der Waals surface area (Å²) in [5.41, 5.74) is 5.78. The third-order valence-corrected chi connectivity index (χ3v) is 3.66. The standard InChI is InChI=1S/C11H19N3O3S/c1-7(15)11(2,3)14-9-4-8(12)5-10(6-9)18(13,16)17/h4-7,14-15H,12H2,1-3H3,(H2,13,16,17). The second-order valence-electron chi connectivity index (χ2n) is 4.86. The molecule has 0 aliphatic heterocycles. The molecule has 0 heterocycles. The van der Waals surface area contributed by atoms with Gasteiger partial charge in [-0.05, 0) is 39.0 Å². The van der Waals surface area contributed by atoms with Crippen molar-refractivity contribution in [3.05, 3.63) is 18.2 Å². The zero-order chi connectivity index (χ0) is 14.1.